The van der Waals surface area contributed by atoms with Crippen molar-refractivity contribution < 1.29 is 13.2 Å². The number of carbonyl (C=O) groups is 1. The molecule has 0 saturated carbocycles. The Hall–Kier alpha value is -1.20. The molecular formula is C14H19NO3S. The van der Waals surface area contributed by atoms with Crippen LogP contribution in [-0.4, -0.2) is 49.7 Å². The molecule has 1 aliphatic heterocycles. The van der Waals surface area contributed by atoms with Crippen LogP contribution in [0.4, 0.5) is 0 Å². The van der Waals surface area contributed by atoms with E-state index in [0.717, 1.165) is 5.56 Å². The number of ketones is 1. The van der Waals surface area contributed by atoms with Crippen molar-refractivity contribution in [2.45, 2.75) is 19.9 Å². The number of aryl methyl sites for hydroxylation is 1. The molecule has 1 heterocycles. The van der Waals surface area contributed by atoms with Gasteiger partial charge in [-0.15, -0.1) is 0 Å². The maximum atomic E-state index is 12.3. The van der Waals surface area contributed by atoms with E-state index in [1.54, 1.807) is 0 Å². The van der Waals surface area contributed by atoms with E-state index in [2.05, 4.69) is 0 Å². The fraction of sp³-hybridized carbons (Fsp3) is 0.500. The van der Waals surface area contributed by atoms with Crippen molar-refractivity contribution in [3.63, 3.8) is 0 Å². The van der Waals surface area contributed by atoms with E-state index >= 15 is 0 Å². The van der Waals surface area contributed by atoms with Gasteiger partial charge < -0.3 is 0 Å². The Labute approximate surface area is 114 Å². The Morgan fingerprint density at radius 3 is 2.21 bits per heavy atom. The maximum Gasteiger partial charge on any atom is 0.179 e. The van der Waals surface area contributed by atoms with Gasteiger partial charge in [0.1, 0.15) is 0 Å². The first-order valence-corrected chi connectivity index (χ1v) is 8.26. The molecule has 0 spiro atoms. The summed E-state index contributed by atoms with van der Waals surface area (Å²) in [6, 6.07) is 7.23. The maximum absolute atomic E-state index is 12.3. The van der Waals surface area contributed by atoms with Crippen molar-refractivity contribution in [2.75, 3.05) is 24.6 Å². The lowest BCUT2D eigenvalue weighted by Crippen LogP contribution is -2.47. The number of nitrogens with zero attached hydrogens (tertiary/aromatic N) is 1. The molecule has 5 heteroatoms. The fourth-order valence-electron chi connectivity index (χ4n) is 2.24. The Balaban J connectivity index is 2.06. The predicted molar refractivity (Wildman–Crippen MR) is 75.2 cm³/mol. The Morgan fingerprint density at radius 2 is 1.68 bits per heavy atom. The van der Waals surface area contributed by atoms with Gasteiger partial charge in [-0.25, -0.2) is 8.42 Å². The van der Waals surface area contributed by atoms with E-state index in [1.165, 1.54) is 0 Å². The van der Waals surface area contributed by atoms with Crippen LogP contribution < -0.4 is 0 Å². The number of Topliss-reactive ketones (excluding diaryl/α,β-unsaturated/α-hetero) is 1. The van der Waals surface area contributed by atoms with Crippen molar-refractivity contribution in [2.24, 2.45) is 0 Å². The largest absolute Gasteiger partial charge is 0.292 e. The van der Waals surface area contributed by atoms with Crippen LogP contribution in [-0.2, 0) is 9.84 Å². The summed E-state index contributed by atoms with van der Waals surface area (Å²) in [5.74, 6) is 0.358. The van der Waals surface area contributed by atoms with E-state index in [-0.39, 0.29) is 23.3 Å². The average molecular weight is 281 g/mol. The smallest absolute Gasteiger partial charge is 0.179 e. The van der Waals surface area contributed by atoms with Crippen LogP contribution in [0.2, 0.25) is 0 Å². The molecule has 1 atom stereocenters. The number of sulfone groups is 1. The fourth-order valence-corrected chi connectivity index (χ4v) is 3.47. The van der Waals surface area contributed by atoms with Crippen molar-refractivity contribution in [1.82, 2.24) is 4.90 Å². The molecule has 1 aromatic carbocycles. The first-order chi connectivity index (χ1) is 8.89. The van der Waals surface area contributed by atoms with Crippen molar-refractivity contribution in [1.29, 1.82) is 0 Å². The molecule has 1 aromatic rings. The second-order valence-corrected chi connectivity index (χ2v) is 7.40. The number of carbonyl (C=O) groups excluding carboxylic acids is 1. The summed E-state index contributed by atoms with van der Waals surface area (Å²) in [4.78, 5) is 14.3. The van der Waals surface area contributed by atoms with Gasteiger partial charge in [0.15, 0.2) is 15.6 Å². The minimum absolute atomic E-state index is 0.0549. The summed E-state index contributed by atoms with van der Waals surface area (Å²) in [6.45, 7) is 4.72. The van der Waals surface area contributed by atoms with Crippen LogP contribution in [0.5, 0.6) is 0 Å². The van der Waals surface area contributed by atoms with Crippen LogP contribution in [0.25, 0.3) is 0 Å². The number of benzene rings is 1. The Kier molecular flexibility index (Phi) is 4.06. The van der Waals surface area contributed by atoms with Crippen LogP contribution in [0.3, 0.4) is 0 Å². The monoisotopic (exact) mass is 281 g/mol. The summed E-state index contributed by atoms with van der Waals surface area (Å²) < 4.78 is 22.8. The van der Waals surface area contributed by atoms with Crippen LogP contribution in [0.1, 0.15) is 22.8 Å². The molecule has 1 aliphatic rings. The van der Waals surface area contributed by atoms with Gasteiger partial charge in [0.25, 0.3) is 0 Å². The number of hydrogen-bond donors (Lipinski definition) is 0. The molecule has 104 valence electrons. The summed E-state index contributed by atoms with van der Waals surface area (Å²) in [6.07, 6.45) is 0. The van der Waals surface area contributed by atoms with Gasteiger partial charge in [-0.1, -0.05) is 29.8 Å². The van der Waals surface area contributed by atoms with E-state index in [9.17, 15) is 13.2 Å². The van der Waals surface area contributed by atoms with Crippen LogP contribution in [0.15, 0.2) is 24.3 Å². The van der Waals surface area contributed by atoms with E-state index in [0.29, 0.717) is 18.7 Å². The molecule has 0 aromatic heterocycles. The Bertz CT molecular complexity index is 549. The molecule has 0 N–H and O–H groups in total. The SMILES string of the molecule is Cc1ccc(C(=O)C(C)N2CCS(=O)(=O)CC2)cc1. The molecule has 1 unspecified atom stereocenters. The highest BCUT2D eigenvalue weighted by atomic mass is 32.2. The first kappa shape index (κ1) is 14.2. The number of rotatable bonds is 3. The molecule has 1 fully saturated rings. The predicted octanol–water partition coefficient (Wildman–Crippen LogP) is 1.30. The second-order valence-electron chi connectivity index (χ2n) is 5.09. The highest BCUT2D eigenvalue weighted by Gasteiger charge is 2.28. The lowest BCUT2D eigenvalue weighted by atomic mass is 10.0. The van der Waals surface area contributed by atoms with Gasteiger partial charge >= 0.3 is 0 Å². The first-order valence-electron chi connectivity index (χ1n) is 6.44. The van der Waals surface area contributed by atoms with Crippen LogP contribution in [0, 0.1) is 6.92 Å². The molecule has 0 bridgehead atoms. The highest BCUT2D eigenvalue weighted by molar-refractivity contribution is 7.91. The topological polar surface area (TPSA) is 54.5 Å². The third-order valence-electron chi connectivity index (χ3n) is 3.64. The molecule has 19 heavy (non-hydrogen) atoms. The highest BCUT2D eigenvalue weighted by Crippen LogP contribution is 2.13. The zero-order valence-electron chi connectivity index (χ0n) is 11.3. The third-order valence-corrected chi connectivity index (χ3v) is 5.25. The van der Waals surface area contributed by atoms with Gasteiger partial charge in [0, 0.05) is 18.7 Å². The Morgan fingerprint density at radius 1 is 1.16 bits per heavy atom. The minimum Gasteiger partial charge on any atom is -0.292 e. The van der Waals surface area contributed by atoms with Crippen molar-refractivity contribution in [3.8, 4) is 0 Å². The summed E-state index contributed by atoms with van der Waals surface area (Å²) in [5.41, 5.74) is 1.81. The quantitative estimate of drug-likeness (QED) is 0.784. The van der Waals surface area contributed by atoms with E-state index < -0.39 is 9.84 Å². The summed E-state index contributed by atoms with van der Waals surface area (Å²) in [5, 5.41) is 0. The van der Waals surface area contributed by atoms with E-state index in [4.69, 9.17) is 0 Å². The second kappa shape index (κ2) is 5.43. The lowest BCUT2D eigenvalue weighted by Gasteiger charge is -2.31. The zero-order valence-corrected chi connectivity index (χ0v) is 12.1. The van der Waals surface area contributed by atoms with E-state index in [1.807, 2.05) is 43.0 Å². The molecular weight excluding hydrogens is 262 g/mol. The van der Waals surface area contributed by atoms with Gasteiger partial charge in [-0.2, -0.15) is 0 Å². The van der Waals surface area contributed by atoms with Crippen molar-refractivity contribution in [3.05, 3.63) is 35.4 Å². The summed E-state index contributed by atoms with van der Waals surface area (Å²) >= 11 is 0. The minimum atomic E-state index is -2.90. The van der Waals surface area contributed by atoms with Gasteiger partial charge in [-0.05, 0) is 13.8 Å². The molecule has 4 nitrogen and oxygen atoms in total. The molecule has 2 rings (SSSR count). The van der Waals surface area contributed by atoms with Crippen molar-refractivity contribution >= 4 is 15.6 Å². The zero-order chi connectivity index (χ0) is 14.0. The third kappa shape index (κ3) is 3.42. The molecule has 1 saturated heterocycles. The molecule has 0 aliphatic carbocycles. The summed E-state index contributed by atoms with van der Waals surface area (Å²) in [7, 11) is -2.90. The molecule has 0 radical (unpaired) electrons. The number of hydrogen-bond acceptors (Lipinski definition) is 4. The normalized spacial score (nSPS) is 20.9. The average Bonchev–Trinajstić information content (AvgIpc) is 2.38. The van der Waals surface area contributed by atoms with Gasteiger partial charge in [-0.3, -0.25) is 9.69 Å². The lowest BCUT2D eigenvalue weighted by molar-refractivity contribution is 0.0849. The standard InChI is InChI=1S/C14H19NO3S/c1-11-3-5-13(6-4-11)14(16)12(2)15-7-9-19(17,18)10-8-15/h3-6,12H,7-10H2,1-2H3. The molecule has 0 amide bonds. The van der Waals surface area contributed by atoms with Gasteiger partial charge in [0.2, 0.25) is 0 Å². The van der Waals surface area contributed by atoms with Crippen LogP contribution >= 0.6 is 0 Å². The van der Waals surface area contributed by atoms with Gasteiger partial charge in [0.05, 0.1) is 17.5 Å².